The first-order valence-corrected chi connectivity index (χ1v) is 13.2. The molecule has 0 bridgehead atoms. The number of piperazine rings is 1. The van der Waals surface area contributed by atoms with Crippen LogP contribution in [-0.4, -0.2) is 41.4 Å². The second-order valence-electron chi connectivity index (χ2n) is 9.91. The van der Waals surface area contributed by atoms with Crippen LogP contribution in [0.5, 0.6) is 5.75 Å². The largest absolute Gasteiger partial charge is 0.491 e. The number of rotatable bonds is 11. The van der Waals surface area contributed by atoms with E-state index in [1.54, 1.807) is 4.90 Å². The molecule has 0 saturated carbocycles. The molecule has 1 saturated heterocycles. The van der Waals surface area contributed by atoms with Gasteiger partial charge in [-0.3, -0.25) is 9.59 Å². The highest BCUT2D eigenvalue weighted by Gasteiger charge is 2.40. The summed E-state index contributed by atoms with van der Waals surface area (Å²) in [6.07, 6.45) is 2.76. The lowest BCUT2D eigenvalue weighted by molar-refractivity contribution is -0.150. The minimum Gasteiger partial charge on any atom is -0.491 e. The number of nitrogens with two attached hydrogens (primary N) is 1. The third-order valence-corrected chi connectivity index (χ3v) is 6.66. The maximum absolute atomic E-state index is 13.7. The van der Waals surface area contributed by atoms with Crippen molar-refractivity contribution >= 4 is 11.8 Å². The van der Waals surface area contributed by atoms with Gasteiger partial charge in [-0.15, -0.1) is 0 Å². The van der Waals surface area contributed by atoms with Crippen LogP contribution in [0.2, 0.25) is 0 Å². The molecule has 2 amide bonds. The number of amides is 2. The summed E-state index contributed by atoms with van der Waals surface area (Å²) in [6.45, 7) is 4.93. The van der Waals surface area contributed by atoms with Crippen LogP contribution >= 0.6 is 0 Å². The smallest absolute Gasteiger partial charge is 0.246 e. The van der Waals surface area contributed by atoms with Gasteiger partial charge in [0.25, 0.3) is 0 Å². The van der Waals surface area contributed by atoms with Crippen molar-refractivity contribution in [2.75, 3.05) is 6.54 Å². The second-order valence-corrected chi connectivity index (χ2v) is 9.91. The Hall–Kier alpha value is -3.64. The number of ether oxygens (including phenoxy) is 1. The van der Waals surface area contributed by atoms with E-state index in [1.165, 1.54) is 0 Å². The molecule has 194 valence electrons. The van der Waals surface area contributed by atoms with Crippen molar-refractivity contribution in [1.29, 1.82) is 0 Å². The zero-order valence-corrected chi connectivity index (χ0v) is 21.7. The van der Waals surface area contributed by atoms with Crippen LogP contribution in [0.4, 0.5) is 0 Å². The number of benzene rings is 3. The molecule has 1 aliphatic heterocycles. The van der Waals surface area contributed by atoms with Crippen molar-refractivity contribution in [2.45, 2.75) is 64.3 Å². The summed E-state index contributed by atoms with van der Waals surface area (Å²) in [5.74, 6) is 0.646. The summed E-state index contributed by atoms with van der Waals surface area (Å²) >= 11 is 0. The predicted molar refractivity (Wildman–Crippen MR) is 147 cm³/mol. The van der Waals surface area contributed by atoms with Crippen LogP contribution in [0.15, 0.2) is 78.9 Å². The van der Waals surface area contributed by atoms with Crippen molar-refractivity contribution in [1.82, 2.24) is 10.2 Å². The van der Waals surface area contributed by atoms with Crippen LogP contribution in [0.25, 0.3) is 11.1 Å². The normalized spacial score (nSPS) is 17.7. The Morgan fingerprint density at radius 3 is 2.16 bits per heavy atom. The lowest BCUT2D eigenvalue weighted by Gasteiger charge is -2.39. The SMILES string of the molecule is CC(C)Oc1ccc(CC2NC(=O)C(CCCCN)N(Cc3ccc(-c4ccccc4)cc3)C2=O)cc1. The molecule has 3 N–H and O–H groups in total. The summed E-state index contributed by atoms with van der Waals surface area (Å²) in [5, 5.41) is 2.99. The fraction of sp³-hybridized carbons (Fsp3) is 0.355. The molecule has 37 heavy (non-hydrogen) atoms. The van der Waals surface area contributed by atoms with Crippen LogP contribution in [0, 0.1) is 0 Å². The van der Waals surface area contributed by atoms with Gasteiger partial charge in [0.05, 0.1) is 6.10 Å². The topological polar surface area (TPSA) is 84.7 Å². The van der Waals surface area contributed by atoms with Crippen LogP contribution < -0.4 is 15.8 Å². The Morgan fingerprint density at radius 1 is 0.865 bits per heavy atom. The molecule has 3 aromatic carbocycles. The van der Waals surface area contributed by atoms with E-state index in [-0.39, 0.29) is 17.9 Å². The van der Waals surface area contributed by atoms with E-state index in [0.29, 0.717) is 25.9 Å². The maximum atomic E-state index is 13.7. The average molecular weight is 500 g/mol. The van der Waals surface area contributed by atoms with Crippen molar-refractivity contribution < 1.29 is 14.3 Å². The number of unbranched alkanes of at least 4 members (excludes halogenated alkanes) is 1. The Kier molecular flexibility index (Phi) is 8.96. The molecule has 0 aromatic heterocycles. The molecule has 0 aliphatic carbocycles. The monoisotopic (exact) mass is 499 g/mol. The molecule has 6 heteroatoms. The second kappa shape index (κ2) is 12.5. The standard InChI is InChI=1S/C31H37N3O3/c1-22(2)37-27-17-13-23(14-18-27)20-28-31(36)34(29(30(35)33-28)10-6-7-19-32)21-24-11-15-26(16-12-24)25-8-4-3-5-9-25/h3-5,8-9,11-18,22,28-29H,6-7,10,19-21,32H2,1-2H3,(H,33,35). The highest BCUT2D eigenvalue weighted by molar-refractivity contribution is 5.97. The van der Waals surface area contributed by atoms with E-state index < -0.39 is 12.1 Å². The zero-order valence-electron chi connectivity index (χ0n) is 21.7. The summed E-state index contributed by atoms with van der Waals surface area (Å²) in [6, 6.07) is 25.1. The van der Waals surface area contributed by atoms with Gasteiger partial charge < -0.3 is 20.7 Å². The van der Waals surface area contributed by atoms with E-state index in [2.05, 4.69) is 29.6 Å². The van der Waals surface area contributed by atoms with Gasteiger partial charge in [-0.25, -0.2) is 0 Å². The molecule has 2 atom stereocenters. The quantitative estimate of drug-likeness (QED) is 0.374. The molecule has 1 heterocycles. The van der Waals surface area contributed by atoms with Crippen molar-refractivity contribution in [2.24, 2.45) is 5.73 Å². The Labute approximate surface area is 219 Å². The van der Waals surface area contributed by atoms with Gasteiger partial charge in [-0.05, 0) is 74.0 Å². The third kappa shape index (κ3) is 6.98. The van der Waals surface area contributed by atoms with Crippen molar-refractivity contribution in [3.63, 3.8) is 0 Å². The molecular formula is C31H37N3O3. The Morgan fingerprint density at radius 2 is 1.51 bits per heavy atom. The third-order valence-electron chi connectivity index (χ3n) is 6.66. The van der Waals surface area contributed by atoms with Crippen molar-refractivity contribution in [3.8, 4) is 16.9 Å². The van der Waals surface area contributed by atoms with E-state index in [4.69, 9.17) is 10.5 Å². The highest BCUT2D eigenvalue weighted by atomic mass is 16.5. The lowest BCUT2D eigenvalue weighted by Crippen LogP contribution is -2.63. The van der Waals surface area contributed by atoms with Gasteiger partial charge in [-0.2, -0.15) is 0 Å². The first-order valence-electron chi connectivity index (χ1n) is 13.2. The minimum absolute atomic E-state index is 0.0491. The fourth-order valence-electron chi connectivity index (χ4n) is 4.76. The van der Waals surface area contributed by atoms with Gasteiger partial charge in [0.2, 0.25) is 11.8 Å². The summed E-state index contributed by atoms with van der Waals surface area (Å²) < 4.78 is 5.72. The van der Waals surface area contributed by atoms with Crippen molar-refractivity contribution in [3.05, 3.63) is 90.0 Å². The summed E-state index contributed by atoms with van der Waals surface area (Å²) in [4.78, 5) is 28.6. The Bertz CT molecular complexity index is 1160. The molecule has 3 aromatic rings. The van der Waals surface area contributed by atoms with Gasteiger partial charge in [0, 0.05) is 13.0 Å². The predicted octanol–water partition coefficient (Wildman–Crippen LogP) is 4.71. The highest BCUT2D eigenvalue weighted by Crippen LogP contribution is 2.24. The Balaban J connectivity index is 1.51. The number of carbonyl (C=O) groups excluding carboxylic acids is 2. The van der Waals surface area contributed by atoms with E-state index in [9.17, 15) is 9.59 Å². The minimum atomic E-state index is -0.598. The molecule has 1 aliphatic rings. The number of hydrogen-bond donors (Lipinski definition) is 2. The average Bonchev–Trinajstić information content (AvgIpc) is 2.90. The first kappa shape index (κ1) is 26.4. The van der Waals surface area contributed by atoms with Gasteiger partial charge in [0.15, 0.2) is 0 Å². The first-order chi connectivity index (χ1) is 17.9. The van der Waals surface area contributed by atoms with E-state index in [1.807, 2.05) is 68.4 Å². The van der Waals surface area contributed by atoms with Crippen LogP contribution in [0.3, 0.4) is 0 Å². The summed E-state index contributed by atoms with van der Waals surface area (Å²) in [5.41, 5.74) is 9.92. The van der Waals surface area contributed by atoms with Gasteiger partial charge in [0.1, 0.15) is 17.8 Å². The maximum Gasteiger partial charge on any atom is 0.246 e. The molecule has 4 rings (SSSR count). The van der Waals surface area contributed by atoms with Crippen LogP contribution in [-0.2, 0) is 22.6 Å². The zero-order chi connectivity index (χ0) is 26.2. The molecule has 0 radical (unpaired) electrons. The number of nitrogens with one attached hydrogen (secondary N) is 1. The molecule has 1 fully saturated rings. The van der Waals surface area contributed by atoms with Gasteiger partial charge in [-0.1, -0.05) is 66.7 Å². The molecule has 2 unspecified atom stereocenters. The lowest BCUT2D eigenvalue weighted by atomic mass is 9.96. The molecular weight excluding hydrogens is 462 g/mol. The van der Waals surface area contributed by atoms with Gasteiger partial charge >= 0.3 is 0 Å². The van der Waals surface area contributed by atoms with Crippen LogP contribution in [0.1, 0.15) is 44.2 Å². The number of carbonyl (C=O) groups is 2. The molecule has 0 spiro atoms. The van der Waals surface area contributed by atoms with E-state index in [0.717, 1.165) is 40.8 Å². The number of nitrogens with zero attached hydrogens (tertiary/aromatic N) is 1. The molecule has 6 nitrogen and oxygen atoms in total. The number of hydrogen-bond acceptors (Lipinski definition) is 4. The van der Waals surface area contributed by atoms with E-state index >= 15 is 0 Å². The fourth-order valence-corrected chi connectivity index (χ4v) is 4.76. The summed E-state index contributed by atoms with van der Waals surface area (Å²) in [7, 11) is 0.